The number of carboxylic acid groups (broad SMARTS) is 2. The molecule has 15 heteroatoms. The van der Waals surface area contributed by atoms with Crippen molar-refractivity contribution in [1.29, 1.82) is 0 Å². The van der Waals surface area contributed by atoms with Crippen molar-refractivity contribution in [2.75, 3.05) is 20.1 Å². The van der Waals surface area contributed by atoms with Crippen LogP contribution in [0.2, 0.25) is 0 Å². The van der Waals surface area contributed by atoms with E-state index in [1.807, 2.05) is 0 Å². The van der Waals surface area contributed by atoms with Gasteiger partial charge < -0.3 is 37.2 Å². The molecule has 1 aromatic rings. The smallest absolute Gasteiger partial charge is 0.330 e. The number of carbonyl (C=O) groups is 6. The van der Waals surface area contributed by atoms with Crippen LogP contribution in [0, 0.1) is 0 Å². The first-order valence-electron chi connectivity index (χ1n) is 10.1. The first-order chi connectivity index (χ1) is 16.4. The van der Waals surface area contributed by atoms with E-state index in [9.17, 15) is 33.9 Å². The van der Waals surface area contributed by atoms with Crippen LogP contribution in [0.25, 0.3) is 0 Å². The number of guanidine groups is 1. The van der Waals surface area contributed by atoms with Gasteiger partial charge in [-0.25, -0.2) is 9.59 Å². The Labute approximate surface area is 198 Å². The highest BCUT2D eigenvalue weighted by atomic mass is 16.4. The molecule has 0 aromatic heterocycles. The fraction of sp³-hybridized carbons (Fsp3) is 0.350. The second-order valence-electron chi connectivity index (χ2n) is 7.51. The standard InChI is InChI=1S/C20H25N7O8/c1-26-12(8-23-19(21)22)17(32)27(20(26)35)9-13(28)24-11(7-14(29)30)16(31)25-15(18(33)34)10-5-3-2-4-6-10/h2-6,11-12,15H,7-9H2,1H3,(H,24,28)(H,25,31)(H,29,30)(H,33,34)(H4,21,22,23)/t11-,12?,15-/m0/s1. The summed E-state index contributed by atoms with van der Waals surface area (Å²) in [6.07, 6.45) is -0.881. The summed E-state index contributed by atoms with van der Waals surface area (Å²) in [6.45, 7) is -1.05. The number of urea groups is 1. The molecule has 3 atom stereocenters. The molecular formula is C20H25N7O8. The average Bonchev–Trinajstić information content (AvgIpc) is 2.98. The zero-order valence-electron chi connectivity index (χ0n) is 18.6. The van der Waals surface area contributed by atoms with Crippen LogP contribution in [-0.4, -0.2) is 93.9 Å². The second kappa shape index (κ2) is 11.4. The summed E-state index contributed by atoms with van der Waals surface area (Å²) in [7, 11) is 1.31. The number of hydrogen-bond donors (Lipinski definition) is 6. The molecule has 0 bridgehead atoms. The largest absolute Gasteiger partial charge is 0.481 e. The number of nitrogens with two attached hydrogens (primary N) is 2. The Kier molecular flexibility index (Phi) is 8.68. The number of amides is 5. The predicted molar refractivity (Wildman–Crippen MR) is 118 cm³/mol. The molecule has 1 fully saturated rings. The number of likely N-dealkylation sites (N-methyl/N-ethyl adjacent to an activating group) is 1. The highest BCUT2D eigenvalue weighted by Gasteiger charge is 2.44. The summed E-state index contributed by atoms with van der Waals surface area (Å²) >= 11 is 0. The topological polar surface area (TPSA) is 238 Å². The van der Waals surface area contributed by atoms with Crippen LogP contribution < -0.4 is 22.1 Å². The van der Waals surface area contributed by atoms with E-state index in [0.29, 0.717) is 4.90 Å². The maximum absolute atomic E-state index is 12.7. The third kappa shape index (κ3) is 6.89. The predicted octanol–water partition coefficient (Wildman–Crippen LogP) is -2.58. The quantitative estimate of drug-likeness (QED) is 0.107. The van der Waals surface area contributed by atoms with Crippen LogP contribution in [-0.2, 0) is 24.0 Å². The van der Waals surface area contributed by atoms with Crippen molar-refractivity contribution in [2.24, 2.45) is 16.5 Å². The van der Waals surface area contributed by atoms with E-state index in [4.69, 9.17) is 16.6 Å². The van der Waals surface area contributed by atoms with Gasteiger partial charge in [0.05, 0.1) is 13.0 Å². The summed E-state index contributed by atoms with van der Waals surface area (Å²) < 4.78 is 0. The Morgan fingerprint density at radius 2 is 1.71 bits per heavy atom. The average molecular weight is 491 g/mol. The molecule has 1 saturated heterocycles. The molecule has 1 unspecified atom stereocenters. The van der Waals surface area contributed by atoms with Crippen molar-refractivity contribution in [1.82, 2.24) is 20.4 Å². The molecule has 5 amide bonds. The summed E-state index contributed by atoms with van der Waals surface area (Å²) in [6, 6.07) is 2.56. The number of nitrogens with zero attached hydrogens (tertiary/aromatic N) is 3. The lowest BCUT2D eigenvalue weighted by Gasteiger charge is -2.21. The minimum atomic E-state index is -1.69. The zero-order valence-corrected chi connectivity index (χ0v) is 18.6. The molecule has 8 N–H and O–H groups in total. The molecule has 1 aromatic carbocycles. The van der Waals surface area contributed by atoms with E-state index in [1.54, 1.807) is 18.2 Å². The van der Waals surface area contributed by atoms with Gasteiger partial charge in [0.25, 0.3) is 5.91 Å². The Bertz CT molecular complexity index is 1040. The van der Waals surface area contributed by atoms with Gasteiger partial charge in [0.1, 0.15) is 18.6 Å². The van der Waals surface area contributed by atoms with Gasteiger partial charge in [0.15, 0.2) is 12.0 Å². The number of rotatable bonds is 11. The van der Waals surface area contributed by atoms with Crippen molar-refractivity contribution in [3.05, 3.63) is 35.9 Å². The number of carbonyl (C=O) groups excluding carboxylic acids is 4. The second-order valence-corrected chi connectivity index (χ2v) is 7.51. The van der Waals surface area contributed by atoms with Crippen molar-refractivity contribution < 1.29 is 39.0 Å². The fourth-order valence-corrected chi connectivity index (χ4v) is 3.24. The minimum Gasteiger partial charge on any atom is -0.481 e. The lowest BCUT2D eigenvalue weighted by atomic mass is 10.1. The van der Waals surface area contributed by atoms with Gasteiger partial charge in [0, 0.05) is 7.05 Å². The highest BCUT2D eigenvalue weighted by molar-refractivity contribution is 6.07. The molecule has 1 aliphatic heterocycles. The number of imide groups is 1. The van der Waals surface area contributed by atoms with Gasteiger partial charge in [-0.3, -0.25) is 29.1 Å². The lowest BCUT2D eigenvalue weighted by molar-refractivity contribution is -0.143. The van der Waals surface area contributed by atoms with Crippen LogP contribution in [0.5, 0.6) is 0 Å². The highest BCUT2D eigenvalue weighted by Crippen LogP contribution is 2.16. The molecule has 0 spiro atoms. The third-order valence-electron chi connectivity index (χ3n) is 5.00. The summed E-state index contributed by atoms with van der Waals surface area (Å²) in [5, 5.41) is 22.9. The van der Waals surface area contributed by atoms with Crippen LogP contribution in [0.15, 0.2) is 35.3 Å². The number of aliphatic carboxylic acids is 2. The zero-order chi connectivity index (χ0) is 26.3. The number of hydrogen-bond acceptors (Lipinski definition) is 7. The minimum absolute atomic E-state index is 0.219. The monoisotopic (exact) mass is 491 g/mol. The van der Waals surface area contributed by atoms with Crippen LogP contribution >= 0.6 is 0 Å². The van der Waals surface area contributed by atoms with Gasteiger partial charge >= 0.3 is 18.0 Å². The Morgan fingerprint density at radius 3 is 2.26 bits per heavy atom. The normalized spacial score (nSPS) is 16.9. The molecule has 1 aliphatic rings. The SMILES string of the molecule is CN1C(=O)N(CC(=O)N[C@@H](CC(=O)O)C(=O)N[C@H](C(=O)O)c2ccccc2)C(=O)C1CN=C(N)N. The lowest BCUT2D eigenvalue weighted by Crippen LogP contribution is -2.52. The van der Waals surface area contributed by atoms with E-state index in [0.717, 1.165) is 4.90 Å². The molecule has 2 rings (SSSR count). The molecule has 0 saturated carbocycles. The Balaban J connectivity index is 2.12. The number of aliphatic imine (C=N–C) groups is 1. The molecule has 1 heterocycles. The van der Waals surface area contributed by atoms with E-state index in [1.165, 1.54) is 19.2 Å². The molecule has 35 heavy (non-hydrogen) atoms. The maximum atomic E-state index is 12.7. The molecule has 0 aliphatic carbocycles. The van der Waals surface area contributed by atoms with Gasteiger partial charge in [0.2, 0.25) is 11.8 Å². The van der Waals surface area contributed by atoms with Gasteiger partial charge in [-0.05, 0) is 5.56 Å². The number of benzene rings is 1. The van der Waals surface area contributed by atoms with Gasteiger partial charge in [-0.15, -0.1) is 0 Å². The summed E-state index contributed by atoms with van der Waals surface area (Å²) in [5.41, 5.74) is 10.7. The van der Waals surface area contributed by atoms with Crippen LogP contribution in [0.3, 0.4) is 0 Å². The van der Waals surface area contributed by atoms with E-state index < -0.39 is 66.8 Å². The maximum Gasteiger partial charge on any atom is 0.330 e. The fourth-order valence-electron chi connectivity index (χ4n) is 3.24. The van der Waals surface area contributed by atoms with Crippen molar-refractivity contribution in [3.63, 3.8) is 0 Å². The molecular weight excluding hydrogens is 466 g/mol. The number of carboxylic acids is 2. The first kappa shape index (κ1) is 26.6. The Hall–Kier alpha value is -4.69. The van der Waals surface area contributed by atoms with E-state index >= 15 is 0 Å². The Morgan fingerprint density at radius 1 is 1.09 bits per heavy atom. The van der Waals surface area contributed by atoms with Crippen molar-refractivity contribution in [2.45, 2.75) is 24.5 Å². The van der Waals surface area contributed by atoms with E-state index in [-0.39, 0.29) is 18.1 Å². The van der Waals surface area contributed by atoms with Gasteiger partial charge in [-0.1, -0.05) is 30.3 Å². The van der Waals surface area contributed by atoms with Crippen molar-refractivity contribution >= 4 is 41.7 Å². The molecule has 188 valence electrons. The molecule has 15 nitrogen and oxygen atoms in total. The first-order valence-corrected chi connectivity index (χ1v) is 10.1. The van der Waals surface area contributed by atoms with Crippen molar-refractivity contribution in [3.8, 4) is 0 Å². The summed E-state index contributed by atoms with van der Waals surface area (Å²) in [4.78, 5) is 78.3. The molecule has 0 radical (unpaired) electrons. The van der Waals surface area contributed by atoms with Crippen LogP contribution in [0.1, 0.15) is 18.0 Å². The number of nitrogens with one attached hydrogen (secondary N) is 2. The van der Waals surface area contributed by atoms with E-state index in [2.05, 4.69) is 15.6 Å². The summed E-state index contributed by atoms with van der Waals surface area (Å²) in [5.74, 6) is -6.04. The van der Waals surface area contributed by atoms with Crippen LogP contribution in [0.4, 0.5) is 4.79 Å². The third-order valence-corrected chi connectivity index (χ3v) is 5.00. The van der Waals surface area contributed by atoms with Gasteiger partial charge in [-0.2, -0.15) is 0 Å².